The van der Waals surface area contributed by atoms with Gasteiger partial charge in [0.25, 0.3) is 11.2 Å². The number of hydrogen-bond donors (Lipinski definition) is 2. The largest absolute Gasteiger partial charge is 0.326 e. The van der Waals surface area contributed by atoms with Crippen molar-refractivity contribution in [3.8, 4) is 0 Å². The SMILES string of the molecule is Cc1cccc(NC2=N[C@H](c3cc([N+](=O)[O-])ccc3Cl)n3c(nc(C)cc3=O)N2)c1. The van der Waals surface area contributed by atoms with E-state index >= 15 is 0 Å². The highest BCUT2D eigenvalue weighted by Gasteiger charge is 2.28. The van der Waals surface area contributed by atoms with Gasteiger partial charge in [-0.1, -0.05) is 23.7 Å². The Balaban J connectivity index is 1.86. The average molecular weight is 425 g/mol. The number of guanidine groups is 1. The maximum absolute atomic E-state index is 12.7. The molecule has 0 saturated carbocycles. The molecule has 30 heavy (non-hydrogen) atoms. The highest BCUT2D eigenvalue weighted by molar-refractivity contribution is 6.31. The number of rotatable bonds is 3. The highest BCUT2D eigenvalue weighted by Crippen LogP contribution is 2.33. The van der Waals surface area contributed by atoms with Crippen LogP contribution in [-0.4, -0.2) is 20.4 Å². The quantitative estimate of drug-likeness (QED) is 0.487. The van der Waals surface area contributed by atoms with Crippen LogP contribution >= 0.6 is 11.6 Å². The molecular weight excluding hydrogens is 408 g/mol. The van der Waals surface area contributed by atoms with Crippen LogP contribution in [-0.2, 0) is 0 Å². The molecule has 0 radical (unpaired) electrons. The summed E-state index contributed by atoms with van der Waals surface area (Å²) in [5.41, 5.74) is 2.19. The second-order valence-electron chi connectivity index (χ2n) is 6.86. The van der Waals surface area contributed by atoms with Gasteiger partial charge in [0.2, 0.25) is 11.9 Å². The molecule has 2 heterocycles. The zero-order valence-electron chi connectivity index (χ0n) is 16.1. The van der Waals surface area contributed by atoms with Gasteiger partial charge >= 0.3 is 0 Å². The molecule has 2 aromatic carbocycles. The van der Waals surface area contributed by atoms with E-state index in [0.717, 1.165) is 11.3 Å². The maximum atomic E-state index is 12.7. The summed E-state index contributed by atoms with van der Waals surface area (Å²) in [6.07, 6.45) is -0.929. The minimum Gasteiger partial charge on any atom is -0.326 e. The fourth-order valence-electron chi connectivity index (χ4n) is 3.22. The third-order valence-electron chi connectivity index (χ3n) is 4.56. The minimum atomic E-state index is -0.929. The van der Waals surface area contributed by atoms with E-state index in [0.29, 0.717) is 17.2 Å². The van der Waals surface area contributed by atoms with Crippen molar-refractivity contribution < 1.29 is 4.92 Å². The Morgan fingerprint density at radius 3 is 2.73 bits per heavy atom. The van der Waals surface area contributed by atoms with Gasteiger partial charge < -0.3 is 5.32 Å². The molecule has 0 saturated heterocycles. The number of benzene rings is 2. The van der Waals surface area contributed by atoms with E-state index in [1.54, 1.807) is 6.92 Å². The Morgan fingerprint density at radius 2 is 2.00 bits per heavy atom. The van der Waals surface area contributed by atoms with Crippen LogP contribution in [0.4, 0.5) is 17.3 Å². The average Bonchev–Trinajstić information content (AvgIpc) is 2.67. The fourth-order valence-corrected chi connectivity index (χ4v) is 3.44. The number of hydrogen-bond acceptors (Lipinski definition) is 7. The first kappa shape index (κ1) is 19.6. The maximum Gasteiger partial charge on any atom is 0.269 e. The van der Waals surface area contributed by atoms with Gasteiger partial charge in [-0.15, -0.1) is 0 Å². The van der Waals surface area contributed by atoms with Crippen LogP contribution in [0.25, 0.3) is 0 Å². The number of non-ortho nitro benzene ring substituents is 1. The molecule has 0 bridgehead atoms. The van der Waals surface area contributed by atoms with Crippen LogP contribution in [0.3, 0.4) is 0 Å². The Labute approximate surface area is 176 Å². The van der Waals surface area contributed by atoms with Crippen molar-refractivity contribution in [3.63, 3.8) is 0 Å². The summed E-state index contributed by atoms with van der Waals surface area (Å²) >= 11 is 6.34. The van der Waals surface area contributed by atoms with E-state index < -0.39 is 11.1 Å². The van der Waals surface area contributed by atoms with Crippen LogP contribution in [0, 0.1) is 24.0 Å². The second-order valence-corrected chi connectivity index (χ2v) is 7.27. The number of aromatic nitrogens is 2. The Morgan fingerprint density at radius 1 is 1.20 bits per heavy atom. The lowest BCUT2D eigenvalue weighted by Gasteiger charge is -2.27. The van der Waals surface area contributed by atoms with Gasteiger partial charge in [-0.05, 0) is 37.6 Å². The van der Waals surface area contributed by atoms with Crippen molar-refractivity contribution in [3.05, 3.63) is 90.8 Å². The molecule has 2 N–H and O–H groups in total. The summed E-state index contributed by atoms with van der Waals surface area (Å²) in [7, 11) is 0. The number of nitrogens with zero attached hydrogens (tertiary/aromatic N) is 4. The Kier molecular flexibility index (Phi) is 4.96. The molecule has 3 aromatic rings. The first-order chi connectivity index (χ1) is 14.3. The molecule has 0 unspecified atom stereocenters. The molecule has 9 nitrogen and oxygen atoms in total. The van der Waals surface area contributed by atoms with E-state index in [2.05, 4.69) is 20.6 Å². The van der Waals surface area contributed by atoms with E-state index in [9.17, 15) is 14.9 Å². The number of aliphatic imine (C=N–C) groups is 1. The topological polar surface area (TPSA) is 114 Å². The Hall–Kier alpha value is -3.72. The summed E-state index contributed by atoms with van der Waals surface area (Å²) in [6.45, 7) is 3.67. The van der Waals surface area contributed by atoms with Gasteiger partial charge in [-0.25, -0.2) is 9.98 Å². The summed E-state index contributed by atoms with van der Waals surface area (Å²) in [5.74, 6) is 0.600. The van der Waals surface area contributed by atoms with Crippen molar-refractivity contribution in [1.82, 2.24) is 9.55 Å². The van der Waals surface area contributed by atoms with Crippen molar-refractivity contribution in [2.45, 2.75) is 20.0 Å². The van der Waals surface area contributed by atoms with E-state index in [-0.39, 0.29) is 22.2 Å². The van der Waals surface area contributed by atoms with E-state index in [1.165, 1.54) is 28.8 Å². The third-order valence-corrected chi connectivity index (χ3v) is 4.90. The molecular formula is C20H17ClN6O3. The molecule has 152 valence electrons. The van der Waals surface area contributed by atoms with Gasteiger partial charge in [0.05, 0.1) is 4.92 Å². The minimum absolute atomic E-state index is 0.147. The lowest BCUT2D eigenvalue weighted by Crippen LogP contribution is -2.37. The van der Waals surface area contributed by atoms with Gasteiger partial charge in [0, 0.05) is 40.2 Å². The molecule has 10 heteroatoms. The molecule has 1 aliphatic heterocycles. The van der Waals surface area contributed by atoms with E-state index in [1.807, 2.05) is 31.2 Å². The summed E-state index contributed by atoms with van der Waals surface area (Å²) in [5, 5.41) is 17.7. The van der Waals surface area contributed by atoms with Crippen molar-refractivity contribution in [1.29, 1.82) is 0 Å². The predicted molar refractivity (Wildman–Crippen MR) is 115 cm³/mol. The van der Waals surface area contributed by atoms with Gasteiger partial charge in [-0.2, -0.15) is 0 Å². The van der Waals surface area contributed by atoms with Gasteiger partial charge in [-0.3, -0.25) is 24.8 Å². The molecule has 0 amide bonds. The fraction of sp³-hybridized carbons (Fsp3) is 0.150. The first-order valence-electron chi connectivity index (χ1n) is 9.04. The van der Waals surface area contributed by atoms with Crippen LogP contribution in [0.1, 0.15) is 23.0 Å². The van der Waals surface area contributed by atoms with E-state index in [4.69, 9.17) is 11.6 Å². The molecule has 1 aliphatic rings. The van der Waals surface area contributed by atoms with Crippen LogP contribution in [0.2, 0.25) is 5.02 Å². The molecule has 0 fully saturated rings. The second kappa shape index (κ2) is 7.60. The summed E-state index contributed by atoms with van der Waals surface area (Å²) in [6, 6.07) is 13.1. The number of anilines is 2. The smallest absolute Gasteiger partial charge is 0.269 e. The van der Waals surface area contributed by atoms with Crippen LogP contribution in [0.5, 0.6) is 0 Å². The number of fused-ring (bicyclic) bond motifs is 1. The summed E-state index contributed by atoms with van der Waals surface area (Å²) in [4.78, 5) is 32.4. The Bertz CT molecular complexity index is 1250. The highest BCUT2D eigenvalue weighted by atomic mass is 35.5. The number of nitrogens with one attached hydrogen (secondary N) is 2. The monoisotopic (exact) mass is 424 g/mol. The standard InChI is InChI=1S/C20H17ClN6O3/c1-11-4-3-5-13(8-11)23-19-24-18(15-10-14(27(29)30)6-7-16(15)21)26-17(28)9-12(2)22-20(26)25-19/h3-10,18H,1-2H3,(H2,22,23,24,25)/t18-/m0/s1. The van der Waals surface area contributed by atoms with Gasteiger partial charge in [0.15, 0.2) is 6.17 Å². The van der Waals surface area contributed by atoms with Crippen molar-refractivity contribution in [2.24, 2.45) is 4.99 Å². The number of aryl methyl sites for hydroxylation is 2. The van der Waals surface area contributed by atoms with Crippen molar-refractivity contribution in [2.75, 3.05) is 10.6 Å². The van der Waals surface area contributed by atoms with Crippen LogP contribution < -0.4 is 16.2 Å². The lowest BCUT2D eigenvalue weighted by molar-refractivity contribution is -0.384. The van der Waals surface area contributed by atoms with Crippen molar-refractivity contribution >= 4 is 34.9 Å². The predicted octanol–water partition coefficient (Wildman–Crippen LogP) is 3.86. The lowest BCUT2D eigenvalue weighted by atomic mass is 10.1. The molecule has 4 rings (SSSR count). The molecule has 0 aliphatic carbocycles. The first-order valence-corrected chi connectivity index (χ1v) is 9.42. The normalized spacial score (nSPS) is 15.0. The number of nitro benzene ring substituents is 1. The number of halogens is 1. The van der Waals surface area contributed by atoms with Gasteiger partial charge in [0.1, 0.15) is 0 Å². The zero-order valence-corrected chi connectivity index (χ0v) is 16.8. The molecule has 1 atom stereocenters. The molecule has 1 aromatic heterocycles. The van der Waals surface area contributed by atoms with Crippen LogP contribution in [0.15, 0.2) is 58.3 Å². The number of nitro groups is 1. The third kappa shape index (κ3) is 3.74. The molecule has 0 spiro atoms. The summed E-state index contributed by atoms with van der Waals surface area (Å²) < 4.78 is 1.32. The zero-order chi connectivity index (χ0) is 21.4.